The largest absolute Gasteiger partial charge is 0.503 e. The number of rotatable bonds is 2. The maximum absolute atomic E-state index is 11.2. The summed E-state index contributed by atoms with van der Waals surface area (Å²) in [5, 5.41) is 8.97. The Morgan fingerprint density at radius 3 is 2.42 bits per heavy atom. The van der Waals surface area contributed by atoms with E-state index in [1.54, 1.807) is 30.3 Å². The van der Waals surface area contributed by atoms with E-state index in [0.29, 0.717) is 5.56 Å². The second kappa shape index (κ2) is 3.57. The molecule has 0 saturated carbocycles. The Morgan fingerprint density at radius 2 is 1.92 bits per heavy atom. The monoisotopic (exact) mass is 163 g/mol. The van der Waals surface area contributed by atoms with Gasteiger partial charge in [-0.05, 0) is 0 Å². The Balaban J connectivity index is 2.94. The first-order valence-electron chi connectivity index (χ1n) is 3.46. The normalized spacial score (nSPS) is 11.2. The summed E-state index contributed by atoms with van der Waals surface area (Å²) >= 11 is 0. The molecular weight excluding hydrogens is 154 g/mol. The molecule has 0 aliphatic rings. The van der Waals surface area contributed by atoms with E-state index in [4.69, 9.17) is 10.8 Å². The molecule has 0 unspecified atom stereocenters. The molecule has 12 heavy (non-hydrogen) atoms. The molecule has 0 aromatic heterocycles. The summed E-state index contributed by atoms with van der Waals surface area (Å²) in [6.45, 7) is 0. The average molecular weight is 163 g/mol. The molecule has 3 N–H and O–H groups in total. The molecule has 0 amide bonds. The fourth-order valence-corrected chi connectivity index (χ4v) is 0.813. The number of carbonyl (C=O) groups excluding carboxylic acids is 1. The smallest absolute Gasteiger partial charge is 0.228 e. The second-order valence-electron chi connectivity index (χ2n) is 2.25. The number of ketones is 1. The summed E-state index contributed by atoms with van der Waals surface area (Å²) in [4.78, 5) is 11.2. The SMILES string of the molecule is N/C=C(/O)C(=O)c1ccccc1. The van der Waals surface area contributed by atoms with Crippen LogP contribution in [0.4, 0.5) is 0 Å². The van der Waals surface area contributed by atoms with Crippen molar-refractivity contribution in [2.45, 2.75) is 0 Å². The van der Waals surface area contributed by atoms with Crippen LogP contribution in [0.3, 0.4) is 0 Å². The van der Waals surface area contributed by atoms with E-state index < -0.39 is 11.5 Å². The zero-order valence-corrected chi connectivity index (χ0v) is 6.40. The van der Waals surface area contributed by atoms with Gasteiger partial charge in [0, 0.05) is 11.8 Å². The Labute approximate surface area is 70.1 Å². The molecule has 62 valence electrons. The number of allylic oxidation sites excluding steroid dienone is 1. The quantitative estimate of drug-likeness (QED) is 0.391. The summed E-state index contributed by atoms with van der Waals surface area (Å²) in [6.07, 6.45) is 0.884. The molecular formula is C9H9NO2. The Bertz CT molecular complexity index is 304. The number of nitrogens with two attached hydrogens (primary N) is 1. The van der Waals surface area contributed by atoms with E-state index in [9.17, 15) is 4.79 Å². The van der Waals surface area contributed by atoms with Crippen LogP contribution < -0.4 is 5.73 Å². The summed E-state index contributed by atoms with van der Waals surface area (Å²) in [7, 11) is 0. The molecule has 1 rings (SSSR count). The molecule has 0 aliphatic carbocycles. The molecule has 0 heterocycles. The lowest BCUT2D eigenvalue weighted by molar-refractivity contribution is 0.0977. The highest BCUT2D eigenvalue weighted by atomic mass is 16.3. The van der Waals surface area contributed by atoms with Gasteiger partial charge < -0.3 is 10.8 Å². The first-order chi connectivity index (χ1) is 5.75. The van der Waals surface area contributed by atoms with Crippen LogP contribution in [0.2, 0.25) is 0 Å². The van der Waals surface area contributed by atoms with Crippen LogP contribution in [0, 0.1) is 0 Å². The Morgan fingerprint density at radius 1 is 1.33 bits per heavy atom. The summed E-state index contributed by atoms with van der Waals surface area (Å²) in [5.74, 6) is -0.890. The molecule has 0 bridgehead atoms. The van der Waals surface area contributed by atoms with Crippen LogP contribution in [0.15, 0.2) is 42.3 Å². The minimum Gasteiger partial charge on any atom is -0.503 e. The molecule has 1 aromatic carbocycles. The molecule has 0 saturated heterocycles. The molecule has 0 radical (unpaired) electrons. The van der Waals surface area contributed by atoms with Gasteiger partial charge in [0.2, 0.25) is 5.78 Å². The van der Waals surface area contributed by atoms with Gasteiger partial charge in [-0.1, -0.05) is 30.3 Å². The van der Waals surface area contributed by atoms with E-state index in [-0.39, 0.29) is 0 Å². The highest BCUT2D eigenvalue weighted by Crippen LogP contribution is 2.04. The van der Waals surface area contributed by atoms with Crippen LogP contribution >= 0.6 is 0 Å². The lowest BCUT2D eigenvalue weighted by Gasteiger charge is -1.97. The van der Waals surface area contributed by atoms with Crippen LogP contribution in [-0.4, -0.2) is 10.9 Å². The summed E-state index contributed by atoms with van der Waals surface area (Å²) < 4.78 is 0. The molecule has 1 aromatic rings. The molecule has 0 aliphatic heterocycles. The van der Waals surface area contributed by atoms with Gasteiger partial charge in [0.25, 0.3) is 0 Å². The lowest BCUT2D eigenvalue weighted by atomic mass is 10.1. The fourth-order valence-electron chi connectivity index (χ4n) is 0.813. The Hall–Kier alpha value is -1.77. The molecule has 3 nitrogen and oxygen atoms in total. The van der Waals surface area contributed by atoms with Crippen molar-refractivity contribution in [2.75, 3.05) is 0 Å². The fraction of sp³-hybridized carbons (Fsp3) is 0. The van der Waals surface area contributed by atoms with Gasteiger partial charge in [-0.25, -0.2) is 0 Å². The van der Waals surface area contributed by atoms with Crippen LogP contribution in [-0.2, 0) is 0 Å². The molecule has 0 atom stereocenters. The predicted octanol–water partition coefficient (Wildman–Crippen LogP) is 1.23. The maximum atomic E-state index is 11.2. The van der Waals surface area contributed by atoms with Crippen LogP contribution in [0.25, 0.3) is 0 Å². The molecule has 0 fully saturated rings. The van der Waals surface area contributed by atoms with Crippen molar-refractivity contribution in [3.63, 3.8) is 0 Å². The number of aliphatic hydroxyl groups is 1. The predicted molar refractivity (Wildman–Crippen MR) is 45.7 cm³/mol. The number of Topliss-reactive ketones (excluding diaryl/α,β-unsaturated/α-hetero) is 1. The topological polar surface area (TPSA) is 63.3 Å². The number of benzene rings is 1. The minimum atomic E-state index is -0.460. The molecule has 0 spiro atoms. The van der Waals surface area contributed by atoms with E-state index >= 15 is 0 Å². The van der Waals surface area contributed by atoms with Crippen molar-refractivity contribution in [1.29, 1.82) is 0 Å². The summed E-state index contributed by atoms with van der Waals surface area (Å²) in [6, 6.07) is 8.46. The highest BCUT2D eigenvalue weighted by Gasteiger charge is 2.08. The standard InChI is InChI=1S/C9H9NO2/c10-6-8(11)9(12)7-4-2-1-3-5-7/h1-6,11H,10H2/b8-6+. The van der Waals surface area contributed by atoms with E-state index in [1.165, 1.54) is 0 Å². The van der Waals surface area contributed by atoms with Crippen molar-refractivity contribution >= 4 is 5.78 Å². The van der Waals surface area contributed by atoms with Gasteiger partial charge >= 0.3 is 0 Å². The molecule has 3 heteroatoms. The van der Waals surface area contributed by atoms with Crippen LogP contribution in [0.1, 0.15) is 10.4 Å². The van der Waals surface area contributed by atoms with Crippen molar-refractivity contribution in [2.24, 2.45) is 5.73 Å². The Kier molecular flexibility index (Phi) is 2.48. The van der Waals surface area contributed by atoms with E-state index in [0.717, 1.165) is 6.20 Å². The van der Waals surface area contributed by atoms with Gasteiger partial charge in [-0.15, -0.1) is 0 Å². The van der Waals surface area contributed by atoms with Crippen molar-refractivity contribution < 1.29 is 9.90 Å². The third-order valence-electron chi connectivity index (χ3n) is 1.43. The first-order valence-corrected chi connectivity index (χ1v) is 3.46. The number of hydrogen-bond acceptors (Lipinski definition) is 3. The van der Waals surface area contributed by atoms with Crippen molar-refractivity contribution in [1.82, 2.24) is 0 Å². The van der Waals surface area contributed by atoms with Gasteiger partial charge in [-0.2, -0.15) is 0 Å². The second-order valence-corrected chi connectivity index (χ2v) is 2.25. The number of hydrogen-bond donors (Lipinski definition) is 2. The zero-order valence-electron chi connectivity index (χ0n) is 6.40. The van der Waals surface area contributed by atoms with Gasteiger partial charge in [0.1, 0.15) is 0 Å². The van der Waals surface area contributed by atoms with Gasteiger partial charge in [-0.3, -0.25) is 4.79 Å². The third-order valence-corrected chi connectivity index (χ3v) is 1.43. The average Bonchev–Trinajstić information content (AvgIpc) is 2.17. The maximum Gasteiger partial charge on any atom is 0.228 e. The minimum absolute atomic E-state index is 0.428. The van der Waals surface area contributed by atoms with Gasteiger partial charge in [0.15, 0.2) is 5.76 Å². The van der Waals surface area contributed by atoms with Crippen molar-refractivity contribution in [3.05, 3.63) is 47.9 Å². The third kappa shape index (κ3) is 1.63. The highest BCUT2D eigenvalue weighted by molar-refractivity contribution is 6.06. The van der Waals surface area contributed by atoms with E-state index in [2.05, 4.69) is 0 Å². The van der Waals surface area contributed by atoms with Gasteiger partial charge in [0.05, 0.1) is 0 Å². The first kappa shape index (κ1) is 8.33. The lowest BCUT2D eigenvalue weighted by Crippen LogP contribution is -2.04. The zero-order chi connectivity index (χ0) is 8.97. The van der Waals surface area contributed by atoms with Crippen LogP contribution in [0.5, 0.6) is 0 Å². The van der Waals surface area contributed by atoms with E-state index in [1.807, 2.05) is 0 Å². The number of aliphatic hydroxyl groups excluding tert-OH is 1. The number of carbonyl (C=O) groups is 1. The summed E-state index contributed by atoms with van der Waals surface area (Å²) in [5.41, 5.74) is 5.40. The van der Waals surface area contributed by atoms with Crippen molar-refractivity contribution in [3.8, 4) is 0 Å².